The first-order valence-electron chi connectivity index (χ1n) is 10.5. The zero-order chi connectivity index (χ0) is 23.0. The van der Waals surface area contributed by atoms with Crippen LogP contribution in [0.2, 0.25) is 0 Å². The molecule has 0 radical (unpaired) electrons. The topological polar surface area (TPSA) is 110 Å². The van der Waals surface area contributed by atoms with Gasteiger partial charge >= 0.3 is 0 Å². The summed E-state index contributed by atoms with van der Waals surface area (Å²) < 4.78 is 34.6. The molecule has 3 heterocycles. The summed E-state index contributed by atoms with van der Waals surface area (Å²) in [6, 6.07) is 9.42. The molecule has 0 spiro atoms. The Balaban J connectivity index is 1.55. The Morgan fingerprint density at radius 2 is 1.94 bits per heavy atom. The summed E-state index contributed by atoms with van der Waals surface area (Å²) in [5.74, 6) is -0.418. The molecule has 1 saturated heterocycles. The van der Waals surface area contributed by atoms with E-state index in [1.54, 1.807) is 18.5 Å². The van der Waals surface area contributed by atoms with Crippen LogP contribution in [-0.4, -0.2) is 46.7 Å². The number of hydrogen-bond donors (Lipinski definition) is 1. The summed E-state index contributed by atoms with van der Waals surface area (Å²) in [5, 5.41) is 11.3. The van der Waals surface area contributed by atoms with Crippen molar-refractivity contribution >= 4 is 21.6 Å². The lowest BCUT2D eigenvalue weighted by atomic mass is 9.98. The summed E-state index contributed by atoms with van der Waals surface area (Å²) in [5.41, 5.74) is 3.57. The Morgan fingerprint density at radius 1 is 1.19 bits per heavy atom. The van der Waals surface area contributed by atoms with Crippen LogP contribution >= 0.6 is 0 Å². The van der Waals surface area contributed by atoms with Gasteiger partial charge in [-0.25, -0.2) is 13.1 Å². The van der Waals surface area contributed by atoms with Crippen molar-refractivity contribution in [3.63, 3.8) is 0 Å². The summed E-state index contributed by atoms with van der Waals surface area (Å²) in [7, 11) is -3.79. The number of nitrogens with zero attached hydrogens (tertiary/aromatic N) is 4. The maximum atomic E-state index is 13.2. The Hall–Kier alpha value is -2.98. The molecule has 10 heteroatoms. The number of carbonyl (C=O) groups is 1. The third-order valence-electron chi connectivity index (χ3n) is 5.72. The van der Waals surface area contributed by atoms with Crippen LogP contribution in [0.4, 0.5) is 5.69 Å². The SMILES string of the molecule is Cc1cc(C)n(-c2ccccc2NC(=O)C2CCCN(S(=O)(=O)c3c(C)noc3C)C2)n1. The molecule has 0 bridgehead atoms. The van der Waals surface area contributed by atoms with Gasteiger partial charge in [-0.2, -0.15) is 9.40 Å². The van der Waals surface area contributed by atoms with Gasteiger partial charge in [0.05, 0.1) is 23.0 Å². The molecule has 1 aliphatic heterocycles. The molecule has 1 aliphatic rings. The molecule has 1 amide bonds. The highest BCUT2D eigenvalue weighted by Crippen LogP contribution is 2.29. The van der Waals surface area contributed by atoms with Gasteiger partial charge in [0, 0.05) is 18.8 Å². The van der Waals surface area contributed by atoms with E-state index < -0.39 is 15.9 Å². The molecule has 1 unspecified atom stereocenters. The summed E-state index contributed by atoms with van der Waals surface area (Å²) in [6.45, 7) is 7.53. The first-order valence-corrected chi connectivity index (χ1v) is 12.0. The quantitative estimate of drug-likeness (QED) is 0.630. The van der Waals surface area contributed by atoms with E-state index in [4.69, 9.17) is 4.52 Å². The Bertz CT molecular complexity index is 1240. The van der Waals surface area contributed by atoms with Crippen molar-refractivity contribution < 1.29 is 17.7 Å². The normalized spacial score (nSPS) is 17.4. The number of benzene rings is 1. The Morgan fingerprint density at radius 3 is 2.59 bits per heavy atom. The van der Waals surface area contributed by atoms with E-state index in [-0.39, 0.29) is 23.1 Å². The van der Waals surface area contributed by atoms with Crippen LogP contribution in [0.1, 0.15) is 35.7 Å². The largest absolute Gasteiger partial charge is 0.360 e. The summed E-state index contributed by atoms with van der Waals surface area (Å²) >= 11 is 0. The van der Waals surface area contributed by atoms with Crippen molar-refractivity contribution in [3.8, 4) is 5.69 Å². The van der Waals surface area contributed by atoms with Gasteiger partial charge in [-0.1, -0.05) is 17.3 Å². The predicted molar refractivity (Wildman–Crippen MR) is 119 cm³/mol. The average Bonchev–Trinajstić information content (AvgIpc) is 3.28. The van der Waals surface area contributed by atoms with Gasteiger partial charge in [0.15, 0.2) is 5.76 Å². The number of aromatic nitrogens is 3. The molecule has 3 aromatic rings. The first kappa shape index (κ1) is 22.2. The number of para-hydroxylation sites is 2. The second-order valence-corrected chi connectivity index (χ2v) is 10.1. The van der Waals surface area contributed by atoms with Crippen molar-refractivity contribution in [2.24, 2.45) is 5.92 Å². The lowest BCUT2D eigenvalue weighted by molar-refractivity contribution is -0.120. The Kier molecular flexibility index (Phi) is 5.91. The predicted octanol–water partition coefficient (Wildman–Crippen LogP) is 3.13. The number of carbonyl (C=O) groups excluding carboxylic acids is 1. The molecule has 32 heavy (non-hydrogen) atoms. The van der Waals surface area contributed by atoms with E-state index in [0.29, 0.717) is 30.8 Å². The van der Waals surface area contributed by atoms with Gasteiger partial charge in [-0.05, 0) is 58.7 Å². The van der Waals surface area contributed by atoms with E-state index in [9.17, 15) is 13.2 Å². The van der Waals surface area contributed by atoms with Gasteiger partial charge in [-0.3, -0.25) is 4.79 Å². The maximum absolute atomic E-state index is 13.2. The number of aryl methyl sites for hydroxylation is 4. The van der Waals surface area contributed by atoms with Crippen LogP contribution in [0.15, 0.2) is 39.8 Å². The fourth-order valence-electron chi connectivity index (χ4n) is 4.22. The fourth-order valence-corrected chi connectivity index (χ4v) is 6.03. The molecule has 0 aliphatic carbocycles. The molecule has 170 valence electrons. The van der Waals surface area contributed by atoms with Crippen molar-refractivity contribution in [3.05, 3.63) is 53.2 Å². The van der Waals surface area contributed by atoms with Crippen LogP contribution in [0.3, 0.4) is 0 Å². The minimum atomic E-state index is -3.79. The van der Waals surface area contributed by atoms with Gasteiger partial charge in [0.25, 0.3) is 0 Å². The van der Waals surface area contributed by atoms with Gasteiger partial charge in [-0.15, -0.1) is 0 Å². The maximum Gasteiger partial charge on any atom is 0.248 e. The van der Waals surface area contributed by atoms with E-state index in [1.807, 2.05) is 44.2 Å². The fraction of sp³-hybridized carbons (Fsp3) is 0.409. The molecular formula is C22H27N5O4S. The van der Waals surface area contributed by atoms with E-state index in [2.05, 4.69) is 15.6 Å². The van der Waals surface area contributed by atoms with E-state index in [0.717, 1.165) is 17.1 Å². The van der Waals surface area contributed by atoms with Crippen molar-refractivity contribution in [1.29, 1.82) is 0 Å². The third-order valence-corrected chi connectivity index (χ3v) is 7.83. The lowest BCUT2D eigenvalue weighted by Gasteiger charge is -2.31. The van der Waals surface area contributed by atoms with Gasteiger partial charge < -0.3 is 9.84 Å². The number of piperidine rings is 1. The molecule has 4 rings (SSSR count). The number of rotatable bonds is 5. The smallest absolute Gasteiger partial charge is 0.248 e. The van der Waals surface area contributed by atoms with Crippen molar-refractivity contribution in [2.45, 2.75) is 45.4 Å². The Labute approximate surface area is 187 Å². The van der Waals surface area contributed by atoms with E-state index in [1.165, 1.54) is 4.31 Å². The number of sulfonamides is 1. The van der Waals surface area contributed by atoms with Crippen LogP contribution in [0.25, 0.3) is 5.69 Å². The number of nitrogens with one attached hydrogen (secondary N) is 1. The number of anilines is 1. The molecule has 1 N–H and O–H groups in total. The highest BCUT2D eigenvalue weighted by Gasteiger charge is 2.36. The molecule has 0 saturated carbocycles. The molecule has 1 aromatic carbocycles. The van der Waals surface area contributed by atoms with E-state index >= 15 is 0 Å². The second kappa shape index (κ2) is 8.51. The van der Waals surface area contributed by atoms with Crippen LogP contribution in [-0.2, 0) is 14.8 Å². The molecule has 1 atom stereocenters. The molecular weight excluding hydrogens is 430 g/mol. The standard InChI is InChI=1S/C22H27N5O4S/c1-14-12-15(2)27(24-14)20-10-6-5-9-19(20)23-22(28)18-8-7-11-26(13-18)32(29,30)21-16(3)25-31-17(21)4/h5-6,9-10,12,18H,7-8,11,13H2,1-4H3,(H,23,28). The molecule has 1 fully saturated rings. The van der Waals surface area contributed by atoms with Gasteiger partial charge in [0.2, 0.25) is 15.9 Å². The van der Waals surface area contributed by atoms with Crippen LogP contribution in [0.5, 0.6) is 0 Å². The molecule has 9 nitrogen and oxygen atoms in total. The zero-order valence-electron chi connectivity index (χ0n) is 18.6. The van der Waals surface area contributed by atoms with Crippen LogP contribution in [0, 0.1) is 33.6 Å². The third kappa shape index (κ3) is 4.07. The summed E-state index contributed by atoms with van der Waals surface area (Å²) in [4.78, 5) is 13.2. The van der Waals surface area contributed by atoms with Crippen molar-refractivity contribution in [2.75, 3.05) is 18.4 Å². The highest BCUT2D eigenvalue weighted by molar-refractivity contribution is 7.89. The minimum absolute atomic E-state index is 0.0911. The minimum Gasteiger partial charge on any atom is -0.360 e. The summed E-state index contributed by atoms with van der Waals surface area (Å²) in [6.07, 6.45) is 1.21. The first-order chi connectivity index (χ1) is 15.2. The van der Waals surface area contributed by atoms with Crippen LogP contribution < -0.4 is 5.32 Å². The highest BCUT2D eigenvalue weighted by atomic mass is 32.2. The van der Waals surface area contributed by atoms with Crippen molar-refractivity contribution in [1.82, 2.24) is 19.2 Å². The average molecular weight is 458 g/mol. The number of amides is 1. The lowest BCUT2D eigenvalue weighted by Crippen LogP contribution is -2.44. The molecule has 2 aromatic heterocycles. The zero-order valence-corrected chi connectivity index (χ0v) is 19.4. The van der Waals surface area contributed by atoms with Gasteiger partial charge in [0.1, 0.15) is 10.6 Å². The number of hydrogen-bond acceptors (Lipinski definition) is 6. The monoisotopic (exact) mass is 457 g/mol. The second-order valence-electron chi connectivity index (χ2n) is 8.20.